The Labute approximate surface area is 246 Å². The lowest BCUT2D eigenvalue weighted by atomic mass is 10.0. The highest BCUT2D eigenvalue weighted by molar-refractivity contribution is 7.80. The number of aromatic nitrogens is 1. The fourth-order valence-electron chi connectivity index (χ4n) is 3.79. The van der Waals surface area contributed by atoms with Crippen molar-refractivity contribution in [2.75, 3.05) is 17.9 Å². The number of hydrogen-bond acceptors (Lipinski definition) is 4. The molecule has 2 aromatic carbocycles. The topological polar surface area (TPSA) is 124 Å². The molecule has 0 radical (unpaired) electrons. The van der Waals surface area contributed by atoms with Crippen molar-refractivity contribution in [2.45, 2.75) is 31.6 Å². The van der Waals surface area contributed by atoms with Crippen LogP contribution in [-0.2, 0) is 30.4 Å². The number of anilines is 1. The molecule has 220 valence electrons. The number of alkyl halides is 3. The summed E-state index contributed by atoms with van der Waals surface area (Å²) in [4.78, 5) is 27.9. The zero-order valence-electron chi connectivity index (χ0n) is 21.5. The predicted molar refractivity (Wildman–Crippen MR) is 151 cm³/mol. The Kier molecular flexibility index (Phi) is 11.4. The van der Waals surface area contributed by atoms with E-state index in [-0.39, 0.29) is 25.1 Å². The number of nitrogens with zero attached hydrogens (tertiary/aromatic N) is 2. The second-order valence-electron chi connectivity index (χ2n) is 8.74. The molecule has 0 aliphatic rings. The average molecular weight is 632 g/mol. The zero-order valence-corrected chi connectivity index (χ0v) is 23.9. The molecule has 0 fully saturated rings. The minimum atomic E-state index is -4.55. The second-order valence-corrected chi connectivity index (χ2v) is 10.4. The van der Waals surface area contributed by atoms with E-state index in [9.17, 15) is 31.5 Å². The van der Waals surface area contributed by atoms with Crippen LogP contribution in [0.5, 0.6) is 0 Å². The van der Waals surface area contributed by atoms with Crippen LogP contribution in [0.1, 0.15) is 33.6 Å². The Morgan fingerprint density at radius 2 is 1.80 bits per heavy atom. The number of rotatable bonds is 11. The Morgan fingerprint density at radius 1 is 1.10 bits per heavy atom. The largest absolute Gasteiger partial charge is 0.433 e. The molecule has 3 amide bonds. The lowest BCUT2D eigenvalue weighted by Gasteiger charge is -2.25. The van der Waals surface area contributed by atoms with Gasteiger partial charge in [-0.25, -0.2) is 9.00 Å². The Balaban J connectivity index is 1.65. The summed E-state index contributed by atoms with van der Waals surface area (Å²) in [5, 5.41) is 8.58. The average Bonchev–Trinajstić information content (AvgIpc) is 2.94. The van der Waals surface area contributed by atoms with Crippen LogP contribution in [0.3, 0.4) is 0 Å². The maximum Gasteiger partial charge on any atom is 0.433 e. The summed E-state index contributed by atoms with van der Waals surface area (Å²) in [5.74, 6) is -0.499. The third kappa shape index (κ3) is 9.32. The van der Waals surface area contributed by atoms with Crippen LogP contribution >= 0.6 is 23.2 Å². The van der Waals surface area contributed by atoms with Gasteiger partial charge in [0.2, 0.25) is 0 Å². The number of urea groups is 1. The first kappa shape index (κ1) is 32.1. The lowest BCUT2D eigenvalue weighted by molar-refractivity contribution is -0.141. The Morgan fingerprint density at radius 3 is 2.39 bits per heavy atom. The van der Waals surface area contributed by atoms with Gasteiger partial charge >= 0.3 is 12.2 Å². The molecule has 0 aliphatic heterocycles. The van der Waals surface area contributed by atoms with Crippen LogP contribution in [-0.4, -0.2) is 45.3 Å². The van der Waals surface area contributed by atoms with E-state index in [0.29, 0.717) is 33.3 Å². The lowest BCUT2D eigenvalue weighted by Crippen LogP contribution is -2.43. The van der Waals surface area contributed by atoms with Gasteiger partial charge < -0.3 is 16.0 Å². The summed E-state index contributed by atoms with van der Waals surface area (Å²) in [6.07, 6.45) is -2.95. The zero-order chi connectivity index (χ0) is 30.2. The van der Waals surface area contributed by atoms with Gasteiger partial charge in [-0.2, -0.15) is 13.2 Å². The number of carbonyl (C=O) groups is 2. The Bertz CT molecular complexity index is 1380. The van der Waals surface area contributed by atoms with E-state index in [0.717, 1.165) is 12.3 Å². The van der Waals surface area contributed by atoms with Crippen molar-refractivity contribution in [3.63, 3.8) is 0 Å². The normalized spacial score (nSPS) is 12.8. The highest BCUT2D eigenvalue weighted by Crippen LogP contribution is 2.28. The minimum Gasteiger partial charge on any atom is -0.348 e. The summed E-state index contributed by atoms with van der Waals surface area (Å²) in [6.45, 7) is 0.0112. The molecule has 41 heavy (non-hydrogen) atoms. The van der Waals surface area contributed by atoms with Crippen molar-refractivity contribution in [2.24, 2.45) is 0 Å². The summed E-state index contributed by atoms with van der Waals surface area (Å²) in [5.41, 5.74) is 0.613. The van der Waals surface area contributed by atoms with Crippen LogP contribution in [0.25, 0.3) is 0 Å². The van der Waals surface area contributed by atoms with Gasteiger partial charge in [0.15, 0.2) is 0 Å². The van der Waals surface area contributed by atoms with Crippen molar-refractivity contribution in [3.8, 4) is 0 Å². The number of amides is 3. The molecule has 1 aromatic heterocycles. The van der Waals surface area contributed by atoms with Gasteiger partial charge in [0.25, 0.3) is 17.2 Å². The van der Waals surface area contributed by atoms with E-state index >= 15 is 0 Å². The molecular weight excluding hydrogens is 606 g/mol. The van der Waals surface area contributed by atoms with Gasteiger partial charge in [-0.3, -0.25) is 18.6 Å². The van der Waals surface area contributed by atoms with E-state index in [1.54, 1.807) is 18.2 Å². The van der Waals surface area contributed by atoms with Gasteiger partial charge in [0.1, 0.15) is 5.69 Å². The second kappa shape index (κ2) is 14.5. The first-order chi connectivity index (χ1) is 19.4. The predicted octanol–water partition coefficient (Wildman–Crippen LogP) is 5.21. The van der Waals surface area contributed by atoms with E-state index in [4.69, 9.17) is 23.2 Å². The molecule has 0 saturated heterocycles. The molecule has 9 nitrogen and oxygen atoms in total. The molecule has 15 heteroatoms. The quantitative estimate of drug-likeness (QED) is 0.216. The Hall–Kier alpha value is -3.39. The third-order valence-corrected chi connectivity index (χ3v) is 7.54. The molecule has 3 rings (SSSR count). The number of benzene rings is 2. The number of pyridine rings is 1. The molecule has 4 N–H and O–H groups in total. The van der Waals surface area contributed by atoms with E-state index in [1.807, 2.05) is 0 Å². The summed E-state index contributed by atoms with van der Waals surface area (Å²) >= 11 is 9.98. The smallest absolute Gasteiger partial charge is 0.348 e. The van der Waals surface area contributed by atoms with Crippen molar-refractivity contribution in [1.82, 2.24) is 20.9 Å². The molecule has 0 saturated carbocycles. The first-order valence-electron chi connectivity index (χ1n) is 12.1. The number of hydrogen-bond donors (Lipinski definition) is 4. The molecule has 0 spiro atoms. The van der Waals surface area contributed by atoms with E-state index < -0.39 is 41.1 Å². The molecule has 0 bridgehead atoms. The van der Waals surface area contributed by atoms with Crippen molar-refractivity contribution < 1.29 is 31.5 Å². The summed E-state index contributed by atoms with van der Waals surface area (Å²) in [7, 11) is 1.46. The van der Waals surface area contributed by atoms with Crippen molar-refractivity contribution in [3.05, 3.63) is 93.2 Å². The van der Waals surface area contributed by atoms with Crippen LogP contribution < -0.4 is 20.3 Å². The number of carbonyl (C=O) groups excluding carboxylic acids is 2. The third-order valence-electron chi connectivity index (χ3n) is 5.92. The monoisotopic (exact) mass is 631 g/mol. The number of halogens is 5. The van der Waals surface area contributed by atoms with Crippen LogP contribution in [0.2, 0.25) is 10.0 Å². The highest BCUT2D eigenvalue weighted by Gasteiger charge is 2.32. The molecule has 3 aromatic rings. The van der Waals surface area contributed by atoms with E-state index in [1.165, 1.54) is 41.7 Å². The maximum absolute atomic E-state index is 12.7. The fourth-order valence-corrected chi connectivity index (χ4v) is 4.75. The van der Waals surface area contributed by atoms with Gasteiger partial charge in [0, 0.05) is 37.9 Å². The summed E-state index contributed by atoms with van der Waals surface area (Å²) < 4.78 is 61.3. The van der Waals surface area contributed by atoms with Gasteiger partial charge in [0.05, 0.1) is 15.7 Å². The van der Waals surface area contributed by atoms with Crippen LogP contribution in [0.15, 0.2) is 60.8 Å². The summed E-state index contributed by atoms with van der Waals surface area (Å²) in [6, 6.07) is 12.1. The maximum atomic E-state index is 12.7. The SMILES string of the molecule is CNC(=O)NC(CCN(c1ccc(C(=O)NCc2ccc(C(F)(F)F)nc2)cc1)S(=O)O)Cc1cccc(Cl)c1Cl. The van der Waals surface area contributed by atoms with Crippen molar-refractivity contribution in [1.29, 1.82) is 0 Å². The molecular formula is C26H26Cl2F3N5O4S. The van der Waals surface area contributed by atoms with Crippen LogP contribution in [0.4, 0.5) is 23.7 Å². The fraction of sp³-hybridized carbons (Fsp3) is 0.269. The number of nitrogens with one attached hydrogen (secondary N) is 3. The van der Waals surface area contributed by atoms with Crippen LogP contribution in [0, 0.1) is 0 Å². The van der Waals surface area contributed by atoms with Gasteiger partial charge in [-0.15, -0.1) is 0 Å². The minimum absolute atomic E-state index is 0.0468. The van der Waals surface area contributed by atoms with Gasteiger partial charge in [-0.1, -0.05) is 41.4 Å². The molecule has 1 heterocycles. The first-order valence-corrected chi connectivity index (χ1v) is 13.9. The molecule has 2 atom stereocenters. The molecule has 2 unspecified atom stereocenters. The highest BCUT2D eigenvalue weighted by atomic mass is 35.5. The standard InChI is InChI=1S/C26H26Cl2F3N5O4S/c1-32-25(38)35-19(13-18-3-2-4-21(27)23(18)28)11-12-36(41(39)40)20-8-6-17(7-9-20)24(37)34-15-16-5-10-22(33-14-16)26(29,30)31/h2-10,14,19H,11-13,15H2,1H3,(H,34,37)(H,39,40)(H2,32,35,38). The van der Waals surface area contributed by atoms with E-state index in [2.05, 4.69) is 20.9 Å². The van der Waals surface area contributed by atoms with Gasteiger partial charge in [-0.05, 0) is 60.4 Å². The molecule has 0 aliphatic carbocycles. The van der Waals surface area contributed by atoms with Crippen molar-refractivity contribution >= 4 is 52.1 Å².